The van der Waals surface area contributed by atoms with Crippen LogP contribution < -0.4 is 10.6 Å². The van der Waals surface area contributed by atoms with Crippen molar-refractivity contribution < 1.29 is 14.7 Å². The maximum Gasteiger partial charge on any atom is 0.251 e. The lowest BCUT2D eigenvalue weighted by Gasteiger charge is -2.11. The standard InChI is InChI=1S/C15H22N2O3/c1-3-4-14(19)10-17-15(20)13-7-5-12(6-8-13)9-16-11(2)18/h5-8,14,19H,3-4,9-10H2,1-2H3,(H,16,18)(H,17,20). The fraction of sp³-hybridized carbons (Fsp3) is 0.467. The first-order chi connectivity index (χ1) is 9.52. The number of rotatable bonds is 7. The Morgan fingerprint density at radius 3 is 2.40 bits per heavy atom. The molecule has 2 amide bonds. The molecule has 0 saturated heterocycles. The van der Waals surface area contributed by atoms with Crippen molar-refractivity contribution in [2.45, 2.75) is 39.3 Å². The van der Waals surface area contributed by atoms with Crippen LogP contribution in [0.25, 0.3) is 0 Å². The van der Waals surface area contributed by atoms with Crippen molar-refractivity contribution in [1.29, 1.82) is 0 Å². The normalized spacial score (nSPS) is 11.8. The summed E-state index contributed by atoms with van der Waals surface area (Å²) in [5.41, 5.74) is 1.48. The monoisotopic (exact) mass is 278 g/mol. The van der Waals surface area contributed by atoms with E-state index in [1.54, 1.807) is 24.3 Å². The second kappa shape index (κ2) is 8.32. The molecular formula is C15H22N2O3. The van der Waals surface area contributed by atoms with Crippen molar-refractivity contribution in [2.24, 2.45) is 0 Å². The van der Waals surface area contributed by atoms with E-state index in [1.807, 2.05) is 6.92 Å². The highest BCUT2D eigenvalue weighted by Gasteiger charge is 2.08. The lowest BCUT2D eigenvalue weighted by Crippen LogP contribution is -2.32. The third-order valence-electron chi connectivity index (χ3n) is 2.88. The van der Waals surface area contributed by atoms with E-state index < -0.39 is 6.10 Å². The van der Waals surface area contributed by atoms with Gasteiger partial charge in [-0.25, -0.2) is 0 Å². The van der Waals surface area contributed by atoms with E-state index in [0.717, 1.165) is 12.0 Å². The molecular weight excluding hydrogens is 256 g/mol. The molecule has 5 nitrogen and oxygen atoms in total. The quantitative estimate of drug-likeness (QED) is 0.701. The molecule has 1 aromatic carbocycles. The van der Waals surface area contributed by atoms with Gasteiger partial charge in [-0.2, -0.15) is 0 Å². The molecule has 1 unspecified atom stereocenters. The van der Waals surface area contributed by atoms with Crippen LogP contribution in [0.1, 0.15) is 42.6 Å². The van der Waals surface area contributed by atoms with Crippen LogP contribution in [0.3, 0.4) is 0 Å². The molecule has 0 radical (unpaired) electrons. The van der Waals surface area contributed by atoms with E-state index >= 15 is 0 Å². The first-order valence-electron chi connectivity index (χ1n) is 6.82. The van der Waals surface area contributed by atoms with E-state index in [0.29, 0.717) is 18.5 Å². The molecule has 1 aromatic rings. The van der Waals surface area contributed by atoms with Crippen LogP contribution in [0.5, 0.6) is 0 Å². The minimum absolute atomic E-state index is 0.0864. The lowest BCUT2D eigenvalue weighted by atomic mass is 10.1. The van der Waals surface area contributed by atoms with Crippen molar-refractivity contribution in [3.8, 4) is 0 Å². The summed E-state index contributed by atoms with van der Waals surface area (Å²) in [5.74, 6) is -0.289. The van der Waals surface area contributed by atoms with Crippen molar-refractivity contribution in [2.75, 3.05) is 6.54 Å². The molecule has 110 valence electrons. The van der Waals surface area contributed by atoms with Crippen LogP contribution in [0.2, 0.25) is 0 Å². The van der Waals surface area contributed by atoms with Gasteiger partial charge in [-0.05, 0) is 24.1 Å². The molecule has 20 heavy (non-hydrogen) atoms. The third-order valence-corrected chi connectivity index (χ3v) is 2.88. The molecule has 0 aromatic heterocycles. The van der Waals surface area contributed by atoms with Gasteiger partial charge in [-0.15, -0.1) is 0 Å². The largest absolute Gasteiger partial charge is 0.391 e. The number of amides is 2. The Bertz CT molecular complexity index is 443. The average Bonchev–Trinajstić information content (AvgIpc) is 2.43. The Morgan fingerprint density at radius 1 is 1.20 bits per heavy atom. The number of aliphatic hydroxyl groups excluding tert-OH is 1. The Morgan fingerprint density at radius 2 is 1.85 bits per heavy atom. The van der Waals surface area contributed by atoms with Gasteiger partial charge in [0.25, 0.3) is 5.91 Å². The van der Waals surface area contributed by atoms with Gasteiger partial charge in [-0.3, -0.25) is 9.59 Å². The predicted molar refractivity (Wildman–Crippen MR) is 77.2 cm³/mol. The first kappa shape index (κ1) is 16.2. The Balaban J connectivity index is 2.46. The zero-order chi connectivity index (χ0) is 15.0. The summed E-state index contributed by atoms with van der Waals surface area (Å²) in [6.07, 6.45) is 1.06. The highest BCUT2D eigenvalue weighted by molar-refractivity contribution is 5.94. The first-order valence-corrected chi connectivity index (χ1v) is 6.82. The summed E-state index contributed by atoms with van der Waals surface area (Å²) < 4.78 is 0. The highest BCUT2D eigenvalue weighted by atomic mass is 16.3. The van der Waals surface area contributed by atoms with Gasteiger partial charge in [0.15, 0.2) is 0 Å². The highest BCUT2D eigenvalue weighted by Crippen LogP contribution is 2.04. The van der Waals surface area contributed by atoms with Crippen molar-refractivity contribution in [1.82, 2.24) is 10.6 Å². The number of hydrogen-bond acceptors (Lipinski definition) is 3. The number of hydrogen-bond donors (Lipinski definition) is 3. The Hall–Kier alpha value is -1.88. The smallest absolute Gasteiger partial charge is 0.251 e. The molecule has 0 fully saturated rings. The predicted octanol–water partition coefficient (Wildman–Crippen LogP) is 1.21. The Labute approximate surface area is 119 Å². The van der Waals surface area contributed by atoms with Gasteiger partial charge < -0.3 is 15.7 Å². The number of aliphatic hydroxyl groups is 1. The van der Waals surface area contributed by atoms with Crippen LogP contribution in [-0.4, -0.2) is 29.6 Å². The second-order valence-electron chi connectivity index (χ2n) is 4.76. The fourth-order valence-electron chi connectivity index (χ4n) is 1.75. The molecule has 5 heteroatoms. The van der Waals surface area contributed by atoms with Crippen LogP contribution in [0.15, 0.2) is 24.3 Å². The maximum atomic E-state index is 11.8. The van der Waals surface area contributed by atoms with Gasteiger partial charge in [0, 0.05) is 25.6 Å². The van der Waals surface area contributed by atoms with Crippen molar-refractivity contribution in [3.05, 3.63) is 35.4 Å². The van der Waals surface area contributed by atoms with Gasteiger partial charge >= 0.3 is 0 Å². The van der Waals surface area contributed by atoms with E-state index in [2.05, 4.69) is 10.6 Å². The second-order valence-corrected chi connectivity index (χ2v) is 4.76. The molecule has 0 bridgehead atoms. The molecule has 1 rings (SSSR count). The average molecular weight is 278 g/mol. The molecule has 0 aliphatic heterocycles. The molecule has 0 saturated carbocycles. The minimum atomic E-state index is -0.497. The van der Waals surface area contributed by atoms with Gasteiger partial charge in [-0.1, -0.05) is 25.5 Å². The zero-order valence-electron chi connectivity index (χ0n) is 12.0. The van der Waals surface area contributed by atoms with E-state index in [4.69, 9.17) is 0 Å². The van der Waals surface area contributed by atoms with E-state index in [1.165, 1.54) is 6.92 Å². The van der Waals surface area contributed by atoms with Gasteiger partial charge in [0.2, 0.25) is 5.91 Å². The number of carbonyl (C=O) groups excluding carboxylic acids is 2. The summed E-state index contributed by atoms with van der Waals surface area (Å²) in [4.78, 5) is 22.6. The van der Waals surface area contributed by atoms with Crippen molar-refractivity contribution in [3.63, 3.8) is 0 Å². The number of benzene rings is 1. The van der Waals surface area contributed by atoms with E-state index in [9.17, 15) is 14.7 Å². The van der Waals surface area contributed by atoms with Gasteiger partial charge in [0.1, 0.15) is 0 Å². The summed E-state index contributed by atoms with van der Waals surface area (Å²) >= 11 is 0. The fourth-order valence-corrected chi connectivity index (χ4v) is 1.75. The SMILES string of the molecule is CCCC(O)CNC(=O)c1ccc(CNC(C)=O)cc1. The molecule has 3 N–H and O–H groups in total. The topological polar surface area (TPSA) is 78.4 Å². The molecule has 0 heterocycles. The summed E-state index contributed by atoms with van der Waals surface area (Å²) in [6, 6.07) is 7.01. The van der Waals surface area contributed by atoms with Crippen LogP contribution in [0.4, 0.5) is 0 Å². The summed E-state index contributed by atoms with van der Waals surface area (Å²) in [7, 11) is 0. The number of nitrogens with one attached hydrogen (secondary N) is 2. The Kier molecular flexibility index (Phi) is 6.73. The number of carbonyl (C=O) groups is 2. The van der Waals surface area contributed by atoms with Crippen molar-refractivity contribution >= 4 is 11.8 Å². The maximum absolute atomic E-state index is 11.8. The lowest BCUT2D eigenvalue weighted by molar-refractivity contribution is -0.119. The zero-order valence-corrected chi connectivity index (χ0v) is 12.0. The summed E-state index contributed by atoms with van der Waals surface area (Å²) in [6.45, 7) is 4.16. The molecule has 0 spiro atoms. The van der Waals surface area contributed by atoms with E-state index in [-0.39, 0.29) is 18.4 Å². The molecule has 1 atom stereocenters. The molecule has 0 aliphatic carbocycles. The van der Waals surface area contributed by atoms with Crippen LogP contribution in [0, 0.1) is 0 Å². The third kappa shape index (κ3) is 5.84. The van der Waals surface area contributed by atoms with Crippen LogP contribution in [-0.2, 0) is 11.3 Å². The van der Waals surface area contributed by atoms with Crippen LogP contribution >= 0.6 is 0 Å². The minimum Gasteiger partial charge on any atom is -0.391 e. The molecule has 0 aliphatic rings. The van der Waals surface area contributed by atoms with Gasteiger partial charge in [0.05, 0.1) is 6.10 Å². The summed E-state index contributed by atoms with van der Waals surface area (Å²) in [5, 5.41) is 14.9.